The largest absolute Gasteiger partial charge is 0.376 e. The van der Waals surface area contributed by atoms with Crippen LogP contribution in [0.4, 0.5) is 0 Å². The molecule has 1 aliphatic heterocycles. The molecular formula is C15H28N2O2. The molecule has 4 heteroatoms. The molecule has 1 heterocycles. The maximum Gasteiger partial charge on any atom is 0.234 e. The summed E-state index contributed by atoms with van der Waals surface area (Å²) in [5.74, 6) is 0.155. The summed E-state index contributed by atoms with van der Waals surface area (Å²) in [7, 11) is 0. The van der Waals surface area contributed by atoms with Crippen molar-refractivity contribution in [1.82, 2.24) is 10.2 Å². The molecule has 0 aromatic rings. The van der Waals surface area contributed by atoms with Crippen LogP contribution in [-0.2, 0) is 9.53 Å². The number of carbonyl (C=O) groups is 1. The highest BCUT2D eigenvalue weighted by molar-refractivity contribution is 5.78. The van der Waals surface area contributed by atoms with Crippen molar-refractivity contribution >= 4 is 5.91 Å². The maximum absolute atomic E-state index is 12.0. The highest BCUT2D eigenvalue weighted by Gasteiger charge is 2.22. The Bertz CT molecular complexity index is 271. The Morgan fingerprint density at radius 1 is 1.21 bits per heavy atom. The van der Waals surface area contributed by atoms with Crippen LogP contribution in [-0.4, -0.2) is 49.2 Å². The van der Waals surface area contributed by atoms with E-state index in [0.717, 1.165) is 26.0 Å². The number of ether oxygens (including phenoxy) is 1. The zero-order valence-electron chi connectivity index (χ0n) is 12.2. The van der Waals surface area contributed by atoms with Crippen LogP contribution in [0.5, 0.6) is 0 Å². The fourth-order valence-electron chi connectivity index (χ4n) is 3.22. The van der Waals surface area contributed by atoms with Gasteiger partial charge in [0.1, 0.15) is 0 Å². The van der Waals surface area contributed by atoms with Crippen molar-refractivity contribution < 1.29 is 9.53 Å². The predicted octanol–water partition coefficient (Wildman–Crippen LogP) is 1.94. The molecule has 1 atom stereocenters. The molecule has 1 aliphatic carbocycles. The van der Waals surface area contributed by atoms with Crippen molar-refractivity contribution in [2.45, 2.75) is 64.0 Å². The van der Waals surface area contributed by atoms with Crippen molar-refractivity contribution in [3.05, 3.63) is 0 Å². The topological polar surface area (TPSA) is 41.6 Å². The predicted molar refractivity (Wildman–Crippen MR) is 76.1 cm³/mol. The van der Waals surface area contributed by atoms with Crippen LogP contribution in [0, 0.1) is 0 Å². The van der Waals surface area contributed by atoms with E-state index in [1.165, 1.54) is 32.1 Å². The second-order valence-corrected chi connectivity index (χ2v) is 5.79. The zero-order chi connectivity index (χ0) is 13.5. The lowest BCUT2D eigenvalue weighted by molar-refractivity contribution is -0.123. The van der Waals surface area contributed by atoms with Crippen molar-refractivity contribution in [2.75, 3.05) is 26.2 Å². The van der Waals surface area contributed by atoms with Crippen LogP contribution in [0.2, 0.25) is 0 Å². The second kappa shape index (κ2) is 7.85. The minimum absolute atomic E-state index is 0.155. The maximum atomic E-state index is 12.0. The molecule has 0 radical (unpaired) electrons. The van der Waals surface area contributed by atoms with Gasteiger partial charge in [-0.25, -0.2) is 0 Å². The third-order valence-electron chi connectivity index (χ3n) is 4.39. The summed E-state index contributed by atoms with van der Waals surface area (Å²) in [4.78, 5) is 14.3. The summed E-state index contributed by atoms with van der Waals surface area (Å²) in [5, 5.41) is 3.02. The quantitative estimate of drug-likeness (QED) is 0.800. The van der Waals surface area contributed by atoms with Gasteiger partial charge in [-0.05, 0) is 32.2 Å². The third kappa shape index (κ3) is 4.77. The summed E-state index contributed by atoms with van der Waals surface area (Å²) >= 11 is 0. The Balaban J connectivity index is 1.69. The third-order valence-corrected chi connectivity index (χ3v) is 4.39. The SMILES string of the molecule is CCN(CC(=O)NC[C@H]1CCCO1)C1CCCCC1. The zero-order valence-corrected chi connectivity index (χ0v) is 12.2. The molecule has 1 N–H and O–H groups in total. The lowest BCUT2D eigenvalue weighted by Crippen LogP contribution is -2.45. The molecule has 110 valence electrons. The van der Waals surface area contributed by atoms with E-state index in [4.69, 9.17) is 4.74 Å². The lowest BCUT2D eigenvalue weighted by Gasteiger charge is -2.33. The van der Waals surface area contributed by atoms with Crippen molar-refractivity contribution in [3.63, 3.8) is 0 Å². The minimum Gasteiger partial charge on any atom is -0.376 e. The number of carbonyl (C=O) groups excluding carboxylic acids is 1. The Hall–Kier alpha value is -0.610. The smallest absolute Gasteiger partial charge is 0.234 e. The number of likely N-dealkylation sites (N-methyl/N-ethyl adjacent to an activating group) is 1. The number of nitrogens with one attached hydrogen (secondary N) is 1. The van der Waals surface area contributed by atoms with Gasteiger partial charge in [-0.15, -0.1) is 0 Å². The van der Waals surface area contributed by atoms with Gasteiger partial charge in [0.15, 0.2) is 0 Å². The molecule has 0 bridgehead atoms. The van der Waals surface area contributed by atoms with Gasteiger partial charge in [0.2, 0.25) is 5.91 Å². The summed E-state index contributed by atoms with van der Waals surface area (Å²) in [5.41, 5.74) is 0. The van der Waals surface area contributed by atoms with E-state index in [-0.39, 0.29) is 12.0 Å². The van der Waals surface area contributed by atoms with E-state index >= 15 is 0 Å². The van der Waals surface area contributed by atoms with Gasteiger partial charge < -0.3 is 10.1 Å². The van der Waals surface area contributed by atoms with Crippen LogP contribution in [0.1, 0.15) is 51.9 Å². The monoisotopic (exact) mass is 268 g/mol. The highest BCUT2D eigenvalue weighted by atomic mass is 16.5. The van der Waals surface area contributed by atoms with Crippen molar-refractivity contribution in [3.8, 4) is 0 Å². The van der Waals surface area contributed by atoms with Gasteiger partial charge in [0, 0.05) is 19.2 Å². The lowest BCUT2D eigenvalue weighted by atomic mass is 9.94. The fraction of sp³-hybridized carbons (Fsp3) is 0.933. The molecule has 19 heavy (non-hydrogen) atoms. The van der Waals surface area contributed by atoms with E-state index in [0.29, 0.717) is 19.1 Å². The number of amides is 1. The molecule has 1 amide bonds. The molecule has 0 spiro atoms. The number of rotatable bonds is 6. The Labute approximate surface area is 116 Å². The van der Waals surface area contributed by atoms with E-state index in [1.807, 2.05) is 0 Å². The van der Waals surface area contributed by atoms with Gasteiger partial charge in [0.25, 0.3) is 0 Å². The second-order valence-electron chi connectivity index (χ2n) is 5.79. The van der Waals surface area contributed by atoms with Crippen LogP contribution in [0.15, 0.2) is 0 Å². The van der Waals surface area contributed by atoms with E-state index < -0.39 is 0 Å². The number of hydrogen-bond donors (Lipinski definition) is 1. The fourth-order valence-corrected chi connectivity index (χ4v) is 3.22. The number of nitrogens with zero attached hydrogens (tertiary/aromatic N) is 1. The molecule has 2 fully saturated rings. The standard InChI is InChI=1S/C15H28N2O2/c1-2-17(13-7-4-3-5-8-13)12-15(18)16-11-14-9-6-10-19-14/h13-14H,2-12H2,1H3,(H,16,18)/t14-/m1/s1. The first-order valence-corrected chi connectivity index (χ1v) is 7.92. The summed E-state index contributed by atoms with van der Waals surface area (Å²) in [6, 6.07) is 0.618. The first-order valence-electron chi connectivity index (χ1n) is 7.92. The molecule has 0 aromatic heterocycles. The van der Waals surface area contributed by atoms with Crippen molar-refractivity contribution in [1.29, 1.82) is 0 Å². The van der Waals surface area contributed by atoms with E-state index in [9.17, 15) is 4.79 Å². The van der Waals surface area contributed by atoms with Crippen LogP contribution in [0.3, 0.4) is 0 Å². The minimum atomic E-state index is 0.155. The van der Waals surface area contributed by atoms with Crippen LogP contribution < -0.4 is 5.32 Å². The molecule has 1 saturated carbocycles. The molecule has 1 saturated heterocycles. The molecule has 2 aliphatic rings. The van der Waals surface area contributed by atoms with E-state index in [2.05, 4.69) is 17.1 Å². The first-order chi connectivity index (χ1) is 9.29. The molecule has 0 aromatic carbocycles. The van der Waals surface area contributed by atoms with Gasteiger partial charge >= 0.3 is 0 Å². The Kier molecular flexibility index (Phi) is 6.11. The average Bonchev–Trinajstić information content (AvgIpc) is 2.97. The first kappa shape index (κ1) is 14.8. The summed E-state index contributed by atoms with van der Waals surface area (Å²) in [6.45, 7) is 5.21. The van der Waals surface area contributed by atoms with Gasteiger partial charge in [-0.2, -0.15) is 0 Å². The van der Waals surface area contributed by atoms with Crippen LogP contribution >= 0.6 is 0 Å². The Morgan fingerprint density at radius 3 is 2.63 bits per heavy atom. The van der Waals surface area contributed by atoms with Gasteiger partial charge in [-0.3, -0.25) is 9.69 Å². The van der Waals surface area contributed by atoms with E-state index in [1.54, 1.807) is 0 Å². The normalized spacial score (nSPS) is 24.8. The highest BCUT2D eigenvalue weighted by Crippen LogP contribution is 2.22. The average molecular weight is 268 g/mol. The number of hydrogen-bond acceptors (Lipinski definition) is 3. The molecule has 2 rings (SSSR count). The molecular weight excluding hydrogens is 240 g/mol. The Morgan fingerprint density at radius 2 is 2.00 bits per heavy atom. The van der Waals surface area contributed by atoms with Gasteiger partial charge in [-0.1, -0.05) is 26.2 Å². The molecule has 0 unspecified atom stereocenters. The summed E-state index contributed by atoms with van der Waals surface area (Å²) < 4.78 is 5.52. The van der Waals surface area contributed by atoms with Gasteiger partial charge in [0.05, 0.1) is 12.6 Å². The summed E-state index contributed by atoms with van der Waals surface area (Å²) in [6.07, 6.45) is 8.97. The van der Waals surface area contributed by atoms with Crippen LogP contribution in [0.25, 0.3) is 0 Å². The molecule has 4 nitrogen and oxygen atoms in total. The van der Waals surface area contributed by atoms with Crippen molar-refractivity contribution in [2.24, 2.45) is 0 Å².